The summed E-state index contributed by atoms with van der Waals surface area (Å²) >= 11 is 0. The summed E-state index contributed by atoms with van der Waals surface area (Å²) in [6, 6.07) is 2.80. The smallest absolute Gasteiger partial charge is 0.271 e. The lowest BCUT2D eigenvalue weighted by Gasteiger charge is -2.30. The molecule has 22 heavy (non-hydrogen) atoms. The van der Waals surface area contributed by atoms with E-state index in [1.165, 1.54) is 36.1 Å². The number of aromatic nitrogens is 2. The van der Waals surface area contributed by atoms with E-state index in [4.69, 9.17) is 0 Å². The number of nitrogens with zero attached hydrogens (tertiary/aromatic N) is 2. The zero-order valence-corrected chi connectivity index (χ0v) is 13.1. The number of hydrogen-bond acceptors (Lipinski definition) is 4. The molecule has 0 radical (unpaired) electrons. The van der Waals surface area contributed by atoms with Gasteiger partial charge >= 0.3 is 0 Å². The fourth-order valence-corrected chi connectivity index (χ4v) is 3.14. The zero-order valence-electron chi connectivity index (χ0n) is 13.1. The van der Waals surface area contributed by atoms with Crippen LogP contribution in [-0.2, 0) is 6.54 Å². The fraction of sp³-hybridized carbons (Fsp3) is 0.688. The van der Waals surface area contributed by atoms with Crippen molar-refractivity contribution in [2.75, 3.05) is 6.61 Å². The maximum atomic E-state index is 12.4. The minimum Gasteiger partial charge on any atom is -0.396 e. The molecule has 6 heteroatoms. The first kappa shape index (κ1) is 16.7. The minimum atomic E-state index is -0.272. The third-order valence-electron chi connectivity index (χ3n) is 4.37. The Labute approximate surface area is 130 Å². The van der Waals surface area contributed by atoms with Crippen LogP contribution >= 0.6 is 0 Å². The highest BCUT2D eigenvalue weighted by atomic mass is 16.3. The van der Waals surface area contributed by atoms with Gasteiger partial charge in [0.1, 0.15) is 5.69 Å². The highest BCUT2D eigenvalue weighted by Crippen LogP contribution is 2.27. The van der Waals surface area contributed by atoms with Crippen LogP contribution in [0, 0.1) is 5.92 Å². The van der Waals surface area contributed by atoms with Crippen LogP contribution in [0.25, 0.3) is 0 Å². The van der Waals surface area contributed by atoms with E-state index in [0.717, 1.165) is 12.8 Å². The second kappa shape index (κ2) is 8.08. The van der Waals surface area contributed by atoms with E-state index in [1.54, 1.807) is 0 Å². The van der Waals surface area contributed by atoms with E-state index in [-0.39, 0.29) is 29.8 Å². The Bertz CT molecular complexity index is 550. The number of aliphatic hydroxyl groups is 1. The van der Waals surface area contributed by atoms with Gasteiger partial charge < -0.3 is 10.4 Å². The van der Waals surface area contributed by atoms with Gasteiger partial charge in [-0.15, -0.1) is 0 Å². The molecule has 1 aromatic rings. The molecule has 1 aliphatic carbocycles. The van der Waals surface area contributed by atoms with Gasteiger partial charge in [0.2, 0.25) is 0 Å². The van der Waals surface area contributed by atoms with Crippen molar-refractivity contribution < 1.29 is 9.90 Å². The van der Waals surface area contributed by atoms with E-state index in [9.17, 15) is 14.7 Å². The number of amides is 1. The highest BCUT2D eigenvalue weighted by molar-refractivity contribution is 5.92. The Hall–Kier alpha value is -1.69. The second-order valence-electron chi connectivity index (χ2n) is 5.86. The lowest BCUT2D eigenvalue weighted by Crippen LogP contribution is -2.42. The van der Waals surface area contributed by atoms with Gasteiger partial charge in [0.15, 0.2) is 0 Å². The maximum absolute atomic E-state index is 12.4. The number of nitrogens with one attached hydrogen (secondary N) is 1. The summed E-state index contributed by atoms with van der Waals surface area (Å²) in [6.45, 7) is 2.30. The van der Waals surface area contributed by atoms with E-state index in [1.807, 2.05) is 6.92 Å². The third kappa shape index (κ3) is 4.16. The molecule has 6 nitrogen and oxygen atoms in total. The molecule has 1 heterocycles. The molecule has 1 amide bonds. The predicted octanol–water partition coefficient (Wildman–Crippen LogP) is 1.32. The third-order valence-corrected chi connectivity index (χ3v) is 4.37. The molecule has 1 unspecified atom stereocenters. The van der Waals surface area contributed by atoms with E-state index in [2.05, 4.69) is 10.4 Å². The molecule has 1 aromatic heterocycles. The number of hydrogen-bond donors (Lipinski definition) is 2. The molecule has 2 N–H and O–H groups in total. The zero-order chi connectivity index (χ0) is 15.9. The fourth-order valence-electron chi connectivity index (χ4n) is 3.14. The van der Waals surface area contributed by atoms with Crippen molar-refractivity contribution in [3.05, 3.63) is 28.2 Å². The molecular formula is C16H25N3O3. The van der Waals surface area contributed by atoms with Gasteiger partial charge in [0.05, 0.1) is 0 Å². The molecule has 2 rings (SSSR count). The number of rotatable bonds is 6. The standard InChI is InChI=1S/C16H25N3O3/c1-2-19-15(21)9-8-14(18-19)16(22)17-13(10-11-20)12-6-4-3-5-7-12/h8-9,12-13,20H,2-7,10-11H2,1H3,(H,17,22). The second-order valence-corrected chi connectivity index (χ2v) is 5.86. The SMILES string of the molecule is CCn1nc(C(=O)NC(CCO)C2CCCCC2)ccc1=O. The maximum Gasteiger partial charge on any atom is 0.271 e. The van der Waals surface area contributed by atoms with Gasteiger partial charge in [-0.3, -0.25) is 9.59 Å². The van der Waals surface area contributed by atoms with Crippen molar-refractivity contribution >= 4 is 5.91 Å². The quantitative estimate of drug-likeness (QED) is 0.830. The lowest BCUT2D eigenvalue weighted by molar-refractivity contribution is 0.0892. The van der Waals surface area contributed by atoms with E-state index in [0.29, 0.717) is 18.9 Å². The van der Waals surface area contributed by atoms with E-state index < -0.39 is 0 Å². The van der Waals surface area contributed by atoms with Crippen LogP contribution in [0.4, 0.5) is 0 Å². The molecule has 122 valence electrons. The summed E-state index contributed by atoms with van der Waals surface area (Å²) in [5.41, 5.74) is 0.0402. The van der Waals surface area contributed by atoms with Crippen LogP contribution in [-0.4, -0.2) is 33.4 Å². The van der Waals surface area contributed by atoms with Crippen LogP contribution < -0.4 is 10.9 Å². The summed E-state index contributed by atoms with van der Waals surface area (Å²) in [4.78, 5) is 23.9. The Morgan fingerprint density at radius 3 is 2.77 bits per heavy atom. The average molecular weight is 307 g/mol. The molecular weight excluding hydrogens is 282 g/mol. The van der Waals surface area contributed by atoms with Crippen LogP contribution in [0.3, 0.4) is 0 Å². The molecule has 0 aliphatic heterocycles. The van der Waals surface area contributed by atoms with Gasteiger partial charge in [-0.2, -0.15) is 5.10 Å². The van der Waals surface area contributed by atoms with Crippen LogP contribution in [0.5, 0.6) is 0 Å². The summed E-state index contributed by atoms with van der Waals surface area (Å²) in [7, 11) is 0. The molecule has 1 fully saturated rings. The van der Waals surface area contributed by atoms with Gasteiger partial charge in [-0.25, -0.2) is 4.68 Å². The first-order valence-corrected chi connectivity index (χ1v) is 8.15. The number of aryl methyl sites for hydroxylation is 1. The first-order chi connectivity index (χ1) is 10.7. The van der Waals surface area contributed by atoms with Crippen molar-refractivity contribution in [2.24, 2.45) is 5.92 Å². The average Bonchev–Trinajstić information content (AvgIpc) is 2.55. The Morgan fingerprint density at radius 2 is 2.14 bits per heavy atom. The molecule has 1 aliphatic rings. The number of carbonyl (C=O) groups is 1. The van der Waals surface area contributed by atoms with Crippen molar-refractivity contribution in [3.63, 3.8) is 0 Å². The lowest BCUT2D eigenvalue weighted by atomic mass is 9.82. The van der Waals surface area contributed by atoms with Crippen LogP contribution in [0.2, 0.25) is 0 Å². The predicted molar refractivity (Wildman–Crippen MR) is 83.7 cm³/mol. The highest BCUT2D eigenvalue weighted by Gasteiger charge is 2.25. The number of aliphatic hydroxyl groups excluding tert-OH is 1. The summed E-state index contributed by atoms with van der Waals surface area (Å²) in [6.07, 6.45) is 6.35. The largest absolute Gasteiger partial charge is 0.396 e. The summed E-state index contributed by atoms with van der Waals surface area (Å²) < 4.78 is 1.27. The summed E-state index contributed by atoms with van der Waals surface area (Å²) in [5, 5.41) is 16.3. The molecule has 0 bridgehead atoms. The van der Waals surface area contributed by atoms with Crippen molar-refractivity contribution in [2.45, 2.75) is 58.0 Å². The summed E-state index contributed by atoms with van der Waals surface area (Å²) in [5.74, 6) is 0.146. The molecule has 1 atom stereocenters. The van der Waals surface area contributed by atoms with E-state index >= 15 is 0 Å². The van der Waals surface area contributed by atoms with Gasteiger partial charge in [0.25, 0.3) is 11.5 Å². The van der Waals surface area contributed by atoms with Gasteiger partial charge in [-0.05, 0) is 38.2 Å². The van der Waals surface area contributed by atoms with Crippen LogP contribution in [0.1, 0.15) is 55.9 Å². The Balaban J connectivity index is 2.08. The van der Waals surface area contributed by atoms with Crippen LogP contribution in [0.15, 0.2) is 16.9 Å². The van der Waals surface area contributed by atoms with Gasteiger partial charge in [-0.1, -0.05) is 19.3 Å². The number of carbonyl (C=O) groups excluding carboxylic acids is 1. The minimum absolute atomic E-state index is 0.0263. The molecule has 0 aromatic carbocycles. The normalized spacial score (nSPS) is 17.2. The molecule has 0 saturated heterocycles. The monoisotopic (exact) mass is 307 g/mol. The van der Waals surface area contributed by atoms with Crippen molar-refractivity contribution in [1.29, 1.82) is 0 Å². The Kier molecular flexibility index (Phi) is 6.12. The Morgan fingerprint density at radius 1 is 1.41 bits per heavy atom. The van der Waals surface area contributed by atoms with Gasteiger partial charge in [0, 0.05) is 25.3 Å². The molecule has 1 saturated carbocycles. The van der Waals surface area contributed by atoms with Crippen molar-refractivity contribution in [3.8, 4) is 0 Å². The first-order valence-electron chi connectivity index (χ1n) is 8.15. The topological polar surface area (TPSA) is 84.2 Å². The van der Waals surface area contributed by atoms with Crippen molar-refractivity contribution in [1.82, 2.24) is 15.1 Å². The molecule has 0 spiro atoms.